The van der Waals surface area contributed by atoms with Crippen LogP contribution in [0.2, 0.25) is 0 Å². The maximum atomic E-state index is 5.65. The smallest absolute Gasteiger partial charge is 0.0237 e. The Morgan fingerprint density at radius 3 is 2.58 bits per heavy atom. The number of nitrogens with zero attached hydrogens (tertiary/aromatic N) is 2. The number of benzene rings is 1. The molecule has 19 heavy (non-hydrogen) atoms. The summed E-state index contributed by atoms with van der Waals surface area (Å²) in [6, 6.07) is 11.4. The zero-order valence-corrected chi connectivity index (χ0v) is 12.6. The average molecular weight is 284 g/mol. The molecule has 0 bridgehead atoms. The Labute approximate surface area is 123 Å². The topological polar surface area (TPSA) is 32.5 Å². The van der Waals surface area contributed by atoms with Crippen LogP contribution in [0.4, 0.5) is 0 Å². The molecule has 108 valence electrons. The number of hydrogen-bond acceptors (Lipinski definition) is 3. The van der Waals surface area contributed by atoms with E-state index >= 15 is 0 Å². The summed E-state index contributed by atoms with van der Waals surface area (Å²) in [7, 11) is 0. The molecule has 0 radical (unpaired) electrons. The third-order valence-electron chi connectivity index (χ3n) is 3.86. The Bertz CT molecular complexity index is 345. The van der Waals surface area contributed by atoms with E-state index in [2.05, 4.69) is 47.1 Å². The lowest BCUT2D eigenvalue weighted by Crippen LogP contribution is -2.35. The van der Waals surface area contributed by atoms with Crippen molar-refractivity contribution in [2.24, 2.45) is 5.73 Å². The summed E-state index contributed by atoms with van der Waals surface area (Å²) in [4.78, 5) is 5.08. The van der Waals surface area contributed by atoms with Crippen LogP contribution < -0.4 is 5.73 Å². The van der Waals surface area contributed by atoms with Crippen molar-refractivity contribution < 1.29 is 0 Å². The van der Waals surface area contributed by atoms with Gasteiger partial charge in [-0.2, -0.15) is 0 Å². The largest absolute Gasteiger partial charge is 0.329 e. The Hall–Kier alpha value is -0.610. The molecule has 1 atom stereocenters. The third-order valence-corrected chi connectivity index (χ3v) is 3.86. The van der Waals surface area contributed by atoms with Gasteiger partial charge >= 0.3 is 0 Å². The van der Waals surface area contributed by atoms with E-state index in [1.54, 1.807) is 0 Å². The maximum Gasteiger partial charge on any atom is 0.0237 e. The molecule has 1 heterocycles. The molecule has 1 aromatic rings. The first kappa shape index (κ1) is 16.4. The van der Waals surface area contributed by atoms with E-state index in [9.17, 15) is 0 Å². The lowest BCUT2D eigenvalue weighted by Gasteiger charge is -2.26. The van der Waals surface area contributed by atoms with Crippen molar-refractivity contribution in [3.05, 3.63) is 35.9 Å². The highest BCUT2D eigenvalue weighted by Crippen LogP contribution is 2.14. The molecule has 1 saturated heterocycles. The molecule has 1 fully saturated rings. The first-order valence-electron chi connectivity index (χ1n) is 7.00. The van der Waals surface area contributed by atoms with Crippen LogP contribution in [-0.2, 0) is 6.54 Å². The van der Waals surface area contributed by atoms with Gasteiger partial charge in [0.05, 0.1) is 0 Å². The van der Waals surface area contributed by atoms with Gasteiger partial charge < -0.3 is 10.6 Å². The van der Waals surface area contributed by atoms with Gasteiger partial charge in [0.1, 0.15) is 0 Å². The fourth-order valence-corrected chi connectivity index (χ4v) is 2.61. The van der Waals surface area contributed by atoms with E-state index in [1.165, 1.54) is 18.5 Å². The van der Waals surface area contributed by atoms with Crippen LogP contribution in [0, 0.1) is 0 Å². The van der Waals surface area contributed by atoms with E-state index in [1.807, 2.05) is 0 Å². The predicted molar refractivity (Wildman–Crippen MR) is 83.7 cm³/mol. The highest BCUT2D eigenvalue weighted by molar-refractivity contribution is 5.85. The van der Waals surface area contributed by atoms with Crippen molar-refractivity contribution in [1.82, 2.24) is 9.80 Å². The van der Waals surface area contributed by atoms with Crippen molar-refractivity contribution in [2.75, 3.05) is 32.7 Å². The van der Waals surface area contributed by atoms with Gasteiger partial charge in [0, 0.05) is 38.8 Å². The minimum Gasteiger partial charge on any atom is -0.329 e. The predicted octanol–water partition coefficient (Wildman–Crippen LogP) is 1.96. The molecule has 0 aliphatic carbocycles. The van der Waals surface area contributed by atoms with Gasteiger partial charge in [-0.15, -0.1) is 12.4 Å². The SMILES string of the molecule is CC1CCN(CCN)CCN1Cc1ccccc1.Cl. The van der Waals surface area contributed by atoms with Crippen molar-refractivity contribution in [2.45, 2.75) is 25.9 Å². The first-order valence-corrected chi connectivity index (χ1v) is 7.00. The van der Waals surface area contributed by atoms with Crippen LogP contribution in [-0.4, -0.2) is 48.6 Å². The van der Waals surface area contributed by atoms with Crippen LogP contribution in [0.5, 0.6) is 0 Å². The molecule has 0 aromatic heterocycles. The summed E-state index contributed by atoms with van der Waals surface area (Å²) in [5, 5.41) is 0. The second-order valence-corrected chi connectivity index (χ2v) is 5.22. The Morgan fingerprint density at radius 2 is 1.89 bits per heavy atom. The normalized spacial score (nSPS) is 21.7. The number of halogens is 1. The molecule has 3 nitrogen and oxygen atoms in total. The quantitative estimate of drug-likeness (QED) is 0.917. The lowest BCUT2D eigenvalue weighted by atomic mass is 10.1. The average Bonchev–Trinajstić information content (AvgIpc) is 2.56. The van der Waals surface area contributed by atoms with Gasteiger partial charge in [0.25, 0.3) is 0 Å². The number of nitrogens with two attached hydrogens (primary N) is 1. The Morgan fingerprint density at radius 1 is 1.16 bits per heavy atom. The van der Waals surface area contributed by atoms with Gasteiger partial charge in [0.15, 0.2) is 0 Å². The minimum atomic E-state index is 0. The van der Waals surface area contributed by atoms with Crippen LogP contribution in [0.3, 0.4) is 0 Å². The molecular formula is C15H26ClN3. The second kappa shape index (κ2) is 8.54. The Balaban J connectivity index is 0.00000180. The van der Waals surface area contributed by atoms with E-state index in [-0.39, 0.29) is 12.4 Å². The molecule has 0 saturated carbocycles. The molecule has 1 aliphatic heterocycles. The first-order chi connectivity index (χ1) is 8.79. The van der Waals surface area contributed by atoms with Crippen LogP contribution in [0.25, 0.3) is 0 Å². The van der Waals surface area contributed by atoms with Gasteiger partial charge in [-0.25, -0.2) is 0 Å². The molecular weight excluding hydrogens is 258 g/mol. The van der Waals surface area contributed by atoms with Gasteiger partial charge in [-0.3, -0.25) is 4.90 Å². The van der Waals surface area contributed by atoms with Crippen LogP contribution in [0.1, 0.15) is 18.9 Å². The van der Waals surface area contributed by atoms with Crippen molar-refractivity contribution in [3.63, 3.8) is 0 Å². The van der Waals surface area contributed by atoms with E-state index < -0.39 is 0 Å². The molecule has 1 unspecified atom stereocenters. The van der Waals surface area contributed by atoms with Gasteiger partial charge in [-0.1, -0.05) is 30.3 Å². The van der Waals surface area contributed by atoms with E-state index in [0.29, 0.717) is 6.04 Å². The second-order valence-electron chi connectivity index (χ2n) is 5.22. The standard InChI is InChI=1S/C15H25N3.ClH/c1-14-7-9-17(10-8-16)11-12-18(14)13-15-5-3-2-4-6-15;/h2-6,14H,7-13,16H2,1H3;1H. The van der Waals surface area contributed by atoms with Gasteiger partial charge in [0.2, 0.25) is 0 Å². The minimum absolute atomic E-state index is 0. The lowest BCUT2D eigenvalue weighted by molar-refractivity contribution is 0.206. The molecule has 0 spiro atoms. The Kier molecular flexibility index (Phi) is 7.39. The highest BCUT2D eigenvalue weighted by Gasteiger charge is 2.20. The molecule has 2 rings (SSSR count). The van der Waals surface area contributed by atoms with E-state index in [0.717, 1.165) is 32.7 Å². The molecule has 2 N–H and O–H groups in total. The van der Waals surface area contributed by atoms with Gasteiger partial charge in [-0.05, 0) is 25.5 Å². The summed E-state index contributed by atoms with van der Waals surface area (Å²) in [6.07, 6.45) is 1.24. The molecule has 1 aromatic carbocycles. The summed E-state index contributed by atoms with van der Waals surface area (Å²) in [5.74, 6) is 0. The fraction of sp³-hybridized carbons (Fsp3) is 0.600. The molecule has 4 heteroatoms. The monoisotopic (exact) mass is 283 g/mol. The maximum absolute atomic E-state index is 5.65. The molecule has 1 aliphatic rings. The van der Waals surface area contributed by atoms with Crippen molar-refractivity contribution in [1.29, 1.82) is 0 Å². The molecule has 0 amide bonds. The van der Waals surface area contributed by atoms with Crippen LogP contribution in [0.15, 0.2) is 30.3 Å². The summed E-state index contributed by atoms with van der Waals surface area (Å²) in [6.45, 7) is 8.69. The third kappa shape index (κ3) is 5.11. The summed E-state index contributed by atoms with van der Waals surface area (Å²) in [5.41, 5.74) is 7.06. The fourth-order valence-electron chi connectivity index (χ4n) is 2.61. The zero-order chi connectivity index (χ0) is 12.8. The number of hydrogen-bond donors (Lipinski definition) is 1. The zero-order valence-electron chi connectivity index (χ0n) is 11.8. The highest BCUT2D eigenvalue weighted by atomic mass is 35.5. The summed E-state index contributed by atoms with van der Waals surface area (Å²) >= 11 is 0. The van der Waals surface area contributed by atoms with Crippen LogP contribution >= 0.6 is 12.4 Å². The summed E-state index contributed by atoms with van der Waals surface area (Å²) < 4.78 is 0. The van der Waals surface area contributed by atoms with E-state index in [4.69, 9.17) is 5.73 Å². The van der Waals surface area contributed by atoms with Crippen molar-refractivity contribution >= 4 is 12.4 Å². The number of rotatable bonds is 4. The van der Waals surface area contributed by atoms with Crippen molar-refractivity contribution in [3.8, 4) is 0 Å².